The molecule has 2 saturated heterocycles. The SMILES string of the molecule is Cc1ccc(S(=O)(=O)N2CCCCC2)cc1C(=O)NN1CCN(C)CC1.[Cl-]. The molecule has 0 spiro atoms. The molecule has 27 heavy (non-hydrogen) atoms. The maximum atomic E-state index is 12.9. The van der Waals surface area contributed by atoms with Crippen molar-refractivity contribution < 1.29 is 25.6 Å². The quantitative estimate of drug-likeness (QED) is 0.620. The molecule has 2 heterocycles. The minimum absolute atomic E-state index is 0. The summed E-state index contributed by atoms with van der Waals surface area (Å²) in [7, 11) is -1.49. The Balaban J connectivity index is 0.00000261. The second kappa shape index (κ2) is 9.34. The van der Waals surface area contributed by atoms with E-state index < -0.39 is 10.0 Å². The van der Waals surface area contributed by atoms with Crippen molar-refractivity contribution in [1.82, 2.24) is 19.6 Å². The van der Waals surface area contributed by atoms with Crippen LogP contribution in [-0.2, 0) is 10.0 Å². The molecule has 1 aromatic carbocycles. The van der Waals surface area contributed by atoms with E-state index >= 15 is 0 Å². The van der Waals surface area contributed by atoms with E-state index in [0.717, 1.165) is 51.0 Å². The van der Waals surface area contributed by atoms with Crippen LogP contribution in [0.25, 0.3) is 0 Å². The number of piperidine rings is 1. The van der Waals surface area contributed by atoms with E-state index in [4.69, 9.17) is 0 Å². The number of hydrogen-bond donors (Lipinski definition) is 1. The molecule has 0 radical (unpaired) electrons. The third kappa shape index (κ3) is 5.20. The van der Waals surface area contributed by atoms with E-state index in [0.29, 0.717) is 18.7 Å². The van der Waals surface area contributed by atoms with Gasteiger partial charge in [-0.05, 0) is 44.5 Å². The number of benzene rings is 1. The first-order valence-corrected chi connectivity index (χ1v) is 10.7. The predicted molar refractivity (Wildman–Crippen MR) is 100 cm³/mol. The molecule has 0 aromatic heterocycles. The lowest BCUT2D eigenvalue weighted by Gasteiger charge is -2.32. The number of sulfonamides is 1. The van der Waals surface area contributed by atoms with E-state index in [-0.39, 0.29) is 23.2 Å². The van der Waals surface area contributed by atoms with E-state index in [2.05, 4.69) is 17.4 Å². The standard InChI is InChI=1S/C18H28N4O3S.ClH/c1-15-6-7-16(26(24,25)22-8-4-3-5-9-22)14-17(15)18(23)19-21-12-10-20(2)11-13-21;/h6-7,14H,3-5,8-13H2,1-2H3,(H,19,23);1H/p-1. The Labute approximate surface area is 168 Å². The molecular formula is C18H28ClN4O3S-. The van der Waals surface area contributed by atoms with Crippen LogP contribution in [0.4, 0.5) is 0 Å². The zero-order chi connectivity index (χ0) is 18.7. The third-order valence-electron chi connectivity index (χ3n) is 5.17. The highest BCUT2D eigenvalue weighted by molar-refractivity contribution is 7.89. The van der Waals surface area contributed by atoms with Gasteiger partial charge in [0.2, 0.25) is 10.0 Å². The highest BCUT2D eigenvalue weighted by Gasteiger charge is 2.27. The topological polar surface area (TPSA) is 73.0 Å². The van der Waals surface area contributed by atoms with Crippen LogP contribution in [0, 0.1) is 6.92 Å². The number of nitrogens with zero attached hydrogens (tertiary/aromatic N) is 3. The summed E-state index contributed by atoms with van der Waals surface area (Å²) in [5, 5.41) is 1.90. The molecule has 9 heteroatoms. The van der Waals surface area contributed by atoms with Gasteiger partial charge in [0.05, 0.1) is 4.90 Å². The Morgan fingerprint density at radius 1 is 1.00 bits per heavy atom. The number of aryl methyl sites for hydroxylation is 1. The van der Waals surface area contributed by atoms with Crippen LogP contribution >= 0.6 is 0 Å². The van der Waals surface area contributed by atoms with Crippen LogP contribution in [0.3, 0.4) is 0 Å². The number of amides is 1. The first-order chi connectivity index (χ1) is 12.4. The maximum absolute atomic E-state index is 12.9. The molecule has 1 N–H and O–H groups in total. The van der Waals surface area contributed by atoms with Gasteiger partial charge in [0.25, 0.3) is 5.91 Å². The highest BCUT2D eigenvalue weighted by atomic mass is 35.5. The molecule has 2 aliphatic rings. The van der Waals surface area contributed by atoms with Gasteiger partial charge in [-0.3, -0.25) is 10.2 Å². The van der Waals surface area contributed by atoms with Gasteiger partial charge < -0.3 is 17.3 Å². The number of hydrogen-bond acceptors (Lipinski definition) is 5. The van der Waals surface area contributed by atoms with E-state index in [1.165, 1.54) is 10.4 Å². The highest BCUT2D eigenvalue weighted by Crippen LogP contribution is 2.23. The van der Waals surface area contributed by atoms with Crippen molar-refractivity contribution in [3.63, 3.8) is 0 Å². The van der Waals surface area contributed by atoms with Crippen molar-refractivity contribution in [1.29, 1.82) is 0 Å². The summed E-state index contributed by atoms with van der Waals surface area (Å²) in [6, 6.07) is 4.84. The number of nitrogens with one attached hydrogen (secondary N) is 1. The van der Waals surface area contributed by atoms with Crippen molar-refractivity contribution in [3.8, 4) is 0 Å². The van der Waals surface area contributed by atoms with Crippen LogP contribution in [-0.4, -0.2) is 74.9 Å². The number of hydrazine groups is 1. The molecule has 1 amide bonds. The fourth-order valence-corrected chi connectivity index (χ4v) is 4.93. The first kappa shape index (κ1) is 22.1. The molecule has 0 bridgehead atoms. The molecule has 0 atom stereocenters. The van der Waals surface area contributed by atoms with Gasteiger partial charge in [-0.1, -0.05) is 12.5 Å². The Hall–Kier alpha value is -1.19. The molecule has 1 aromatic rings. The fraction of sp³-hybridized carbons (Fsp3) is 0.611. The van der Waals surface area contributed by atoms with Crippen LogP contribution < -0.4 is 17.8 Å². The number of rotatable bonds is 4. The summed E-state index contributed by atoms with van der Waals surface area (Å²) >= 11 is 0. The van der Waals surface area contributed by atoms with E-state index in [1.807, 2.05) is 11.9 Å². The lowest BCUT2D eigenvalue weighted by atomic mass is 10.1. The largest absolute Gasteiger partial charge is 1.00 e. The summed E-state index contributed by atoms with van der Waals surface area (Å²) in [5.74, 6) is -0.247. The lowest BCUT2D eigenvalue weighted by Crippen LogP contribution is -3.00. The predicted octanol–water partition coefficient (Wildman–Crippen LogP) is -1.93. The van der Waals surface area contributed by atoms with Crippen LogP contribution in [0.2, 0.25) is 0 Å². The summed E-state index contributed by atoms with van der Waals surface area (Å²) in [5.41, 5.74) is 4.11. The first-order valence-electron chi connectivity index (χ1n) is 9.23. The van der Waals surface area contributed by atoms with Crippen molar-refractivity contribution >= 4 is 15.9 Å². The lowest BCUT2D eigenvalue weighted by molar-refractivity contribution is -0.0000182. The number of halogens is 1. The Kier molecular flexibility index (Phi) is 7.64. The van der Waals surface area contributed by atoms with Gasteiger partial charge in [0.1, 0.15) is 0 Å². The van der Waals surface area contributed by atoms with Gasteiger partial charge >= 0.3 is 0 Å². The summed E-state index contributed by atoms with van der Waals surface area (Å²) in [4.78, 5) is 15.1. The molecule has 0 saturated carbocycles. The molecule has 3 rings (SSSR count). The van der Waals surface area contributed by atoms with Gasteiger partial charge in [0.15, 0.2) is 0 Å². The van der Waals surface area contributed by atoms with Gasteiger partial charge in [0, 0.05) is 44.8 Å². The van der Waals surface area contributed by atoms with Crippen molar-refractivity contribution in [3.05, 3.63) is 29.3 Å². The summed E-state index contributed by atoms with van der Waals surface area (Å²) < 4.78 is 27.3. The molecule has 2 aliphatic heterocycles. The number of carbonyl (C=O) groups is 1. The number of likely N-dealkylation sites (N-methyl/N-ethyl adjacent to an activating group) is 1. The molecule has 2 fully saturated rings. The van der Waals surface area contributed by atoms with Gasteiger partial charge in [-0.25, -0.2) is 13.4 Å². The maximum Gasteiger partial charge on any atom is 0.265 e. The van der Waals surface area contributed by atoms with Crippen molar-refractivity contribution in [2.45, 2.75) is 31.1 Å². The minimum atomic E-state index is -3.54. The Bertz CT molecular complexity index is 758. The van der Waals surface area contributed by atoms with E-state index in [9.17, 15) is 13.2 Å². The van der Waals surface area contributed by atoms with Gasteiger partial charge in [-0.15, -0.1) is 0 Å². The van der Waals surface area contributed by atoms with Crippen LogP contribution in [0.1, 0.15) is 35.2 Å². The average molecular weight is 416 g/mol. The second-order valence-corrected chi connectivity index (χ2v) is 9.11. The Morgan fingerprint density at radius 3 is 2.26 bits per heavy atom. The monoisotopic (exact) mass is 415 g/mol. The fourth-order valence-electron chi connectivity index (χ4n) is 3.38. The molecule has 152 valence electrons. The average Bonchev–Trinajstić information content (AvgIpc) is 2.64. The van der Waals surface area contributed by atoms with Gasteiger partial charge in [-0.2, -0.15) is 4.31 Å². The van der Waals surface area contributed by atoms with Crippen LogP contribution in [0.5, 0.6) is 0 Å². The van der Waals surface area contributed by atoms with E-state index in [1.54, 1.807) is 12.1 Å². The number of piperazine rings is 1. The minimum Gasteiger partial charge on any atom is -1.00 e. The smallest absolute Gasteiger partial charge is 0.265 e. The zero-order valence-corrected chi connectivity index (χ0v) is 17.5. The van der Waals surface area contributed by atoms with Crippen molar-refractivity contribution in [2.24, 2.45) is 0 Å². The summed E-state index contributed by atoms with van der Waals surface area (Å²) in [6.07, 6.45) is 2.85. The molecule has 0 aliphatic carbocycles. The number of carbonyl (C=O) groups excluding carboxylic acids is 1. The van der Waals surface area contributed by atoms with Crippen molar-refractivity contribution in [2.75, 3.05) is 46.3 Å². The molecular weight excluding hydrogens is 388 g/mol. The third-order valence-corrected chi connectivity index (χ3v) is 7.06. The van der Waals surface area contributed by atoms with Crippen LogP contribution in [0.15, 0.2) is 23.1 Å². The molecule has 0 unspecified atom stereocenters. The second-order valence-electron chi connectivity index (χ2n) is 7.17. The normalized spacial score (nSPS) is 20.1. The molecule has 7 nitrogen and oxygen atoms in total. The zero-order valence-electron chi connectivity index (χ0n) is 15.9. The Morgan fingerprint density at radius 2 is 1.63 bits per heavy atom. The summed E-state index contributed by atoms with van der Waals surface area (Å²) in [6.45, 7) is 6.24.